The van der Waals surface area contributed by atoms with E-state index in [1.807, 2.05) is 38.1 Å². The van der Waals surface area contributed by atoms with Gasteiger partial charge in [-0.2, -0.15) is 5.10 Å². The number of carbonyl (C=O) groups excluding carboxylic acids is 1. The first-order chi connectivity index (χ1) is 8.61. The molecular formula is C14H16N2O2. The van der Waals surface area contributed by atoms with Crippen LogP contribution >= 0.6 is 0 Å². The summed E-state index contributed by atoms with van der Waals surface area (Å²) in [7, 11) is 1.62. The number of carbonyl (C=O) groups is 1. The predicted octanol–water partition coefficient (Wildman–Crippen LogP) is 2.72. The van der Waals surface area contributed by atoms with Crippen molar-refractivity contribution in [2.75, 3.05) is 7.11 Å². The lowest BCUT2D eigenvalue weighted by molar-refractivity contribution is 0.0939. The third-order valence-corrected chi connectivity index (χ3v) is 2.71. The van der Waals surface area contributed by atoms with Gasteiger partial charge in [-0.25, -0.2) is 4.68 Å². The second-order valence-corrected chi connectivity index (χ2v) is 4.39. The van der Waals surface area contributed by atoms with Gasteiger partial charge in [0.2, 0.25) is 0 Å². The minimum atomic E-state index is -0.0204. The van der Waals surface area contributed by atoms with E-state index in [1.165, 1.54) is 0 Å². The standard InChI is InChI=1S/C14H16N2O2/c1-10(2)14(17)11-8-15-16(9-11)12-5-4-6-13(7-12)18-3/h4-10H,1-3H3. The van der Waals surface area contributed by atoms with Crippen LogP contribution in [0.5, 0.6) is 5.75 Å². The molecule has 0 saturated carbocycles. The Bertz CT molecular complexity index is 558. The van der Waals surface area contributed by atoms with Gasteiger partial charge in [0.15, 0.2) is 5.78 Å². The van der Waals surface area contributed by atoms with E-state index in [1.54, 1.807) is 24.2 Å². The van der Waals surface area contributed by atoms with Gasteiger partial charge in [-0.3, -0.25) is 4.79 Å². The number of benzene rings is 1. The van der Waals surface area contributed by atoms with Gasteiger partial charge in [-0.15, -0.1) is 0 Å². The van der Waals surface area contributed by atoms with Crippen LogP contribution in [0.25, 0.3) is 5.69 Å². The minimum absolute atomic E-state index is 0.0204. The van der Waals surface area contributed by atoms with E-state index >= 15 is 0 Å². The number of rotatable bonds is 4. The normalized spacial score (nSPS) is 10.7. The van der Waals surface area contributed by atoms with Crippen molar-refractivity contribution in [3.8, 4) is 11.4 Å². The zero-order valence-corrected chi connectivity index (χ0v) is 10.8. The quantitative estimate of drug-likeness (QED) is 0.777. The first-order valence-electron chi connectivity index (χ1n) is 5.85. The van der Waals surface area contributed by atoms with Crippen LogP contribution in [-0.2, 0) is 0 Å². The second-order valence-electron chi connectivity index (χ2n) is 4.39. The smallest absolute Gasteiger partial charge is 0.168 e. The molecule has 4 nitrogen and oxygen atoms in total. The first kappa shape index (κ1) is 12.4. The molecule has 0 N–H and O–H groups in total. The highest BCUT2D eigenvalue weighted by Crippen LogP contribution is 2.17. The summed E-state index contributed by atoms with van der Waals surface area (Å²) >= 11 is 0. The van der Waals surface area contributed by atoms with Crippen LogP contribution in [0.15, 0.2) is 36.7 Å². The Hall–Kier alpha value is -2.10. The van der Waals surface area contributed by atoms with Gasteiger partial charge < -0.3 is 4.74 Å². The summed E-state index contributed by atoms with van der Waals surface area (Å²) in [5.74, 6) is 0.844. The van der Waals surface area contributed by atoms with Crippen molar-refractivity contribution < 1.29 is 9.53 Å². The molecule has 0 amide bonds. The van der Waals surface area contributed by atoms with Crippen molar-refractivity contribution in [3.05, 3.63) is 42.2 Å². The number of nitrogens with zero attached hydrogens (tertiary/aromatic N) is 2. The summed E-state index contributed by atoms with van der Waals surface area (Å²) in [5.41, 5.74) is 1.50. The number of aromatic nitrogens is 2. The summed E-state index contributed by atoms with van der Waals surface area (Å²) in [6, 6.07) is 7.54. The van der Waals surface area contributed by atoms with Crippen LogP contribution < -0.4 is 4.74 Å². The molecule has 0 saturated heterocycles. The van der Waals surface area contributed by atoms with Gasteiger partial charge in [-0.1, -0.05) is 19.9 Å². The average molecular weight is 244 g/mol. The molecule has 1 aromatic heterocycles. The topological polar surface area (TPSA) is 44.1 Å². The summed E-state index contributed by atoms with van der Waals surface area (Å²) in [4.78, 5) is 11.8. The summed E-state index contributed by atoms with van der Waals surface area (Å²) < 4.78 is 6.84. The molecule has 4 heteroatoms. The zero-order chi connectivity index (χ0) is 13.1. The van der Waals surface area contributed by atoms with Crippen LogP contribution in [0.1, 0.15) is 24.2 Å². The van der Waals surface area contributed by atoms with Crippen LogP contribution in [0.4, 0.5) is 0 Å². The maximum absolute atomic E-state index is 11.8. The number of ketones is 1. The highest BCUT2D eigenvalue weighted by Gasteiger charge is 2.13. The summed E-state index contributed by atoms with van der Waals surface area (Å²) in [6.07, 6.45) is 3.35. The van der Waals surface area contributed by atoms with Crippen LogP contribution in [0.2, 0.25) is 0 Å². The van der Waals surface area contributed by atoms with Crippen molar-refractivity contribution >= 4 is 5.78 Å². The summed E-state index contributed by atoms with van der Waals surface area (Å²) in [6.45, 7) is 3.76. The Labute approximate surface area is 106 Å². The van der Waals surface area contributed by atoms with Gasteiger partial charge >= 0.3 is 0 Å². The third-order valence-electron chi connectivity index (χ3n) is 2.71. The molecule has 0 aliphatic heterocycles. The van der Waals surface area contributed by atoms with Crippen molar-refractivity contribution in [2.45, 2.75) is 13.8 Å². The van der Waals surface area contributed by atoms with E-state index in [4.69, 9.17) is 4.74 Å². The van der Waals surface area contributed by atoms with E-state index in [9.17, 15) is 4.79 Å². The number of methoxy groups -OCH3 is 1. The van der Waals surface area contributed by atoms with Crippen LogP contribution in [0.3, 0.4) is 0 Å². The monoisotopic (exact) mass is 244 g/mol. The van der Waals surface area contributed by atoms with E-state index in [-0.39, 0.29) is 11.7 Å². The highest BCUT2D eigenvalue weighted by molar-refractivity contribution is 5.97. The molecule has 18 heavy (non-hydrogen) atoms. The molecule has 0 spiro atoms. The van der Waals surface area contributed by atoms with E-state index in [2.05, 4.69) is 5.10 Å². The SMILES string of the molecule is COc1cccc(-n2cc(C(=O)C(C)C)cn2)c1. The zero-order valence-electron chi connectivity index (χ0n) is 10.8. The molecule has 1 heterocycles. The van der Waals surface area contributed by atoms with E-state index in [0.717, 1.165) is 11.4 Å². The molecule has 0 fully saturated rings. The Balaban J connectivity index is 2.32. The summed E-state index contributed by atoms with van der Waals surface area (Å²) in [5, 5.41) is 4.21. The predicted molar refractivity (Wildman–Crippen MR) is 69.3 cm³/mol. The molecule has 94 valence electrons. The number of ether oxygens (including phenoxy) is 1. The van der Waals surface area contributed by atoms with E-state index < -0.39 is 0 Å². The van der Waals surface area contributed by atoms with Gasteiger partial charge in [-0.05, 0) is 12.1 Å². The van der Waals surface area contributed by atoms with Crippen molar-refractivity contribution in [1.29, 1.82) is 0 Å². The highest BCUT2D eigenvalue weighted by atomic mass is 16.5. The Kier molecular flexibility index (Phi) is 3.46. The molecule has 0 unspecified atom stereocenters. The van der Waals surface area contributed by atoms with Crippen LogP contribution in [-0.4, -0.2) is 22.7 Å². The fourth-order valence-electron chi connectivity index (χ4n) is 1.68. The number of Topliss-reactive ketones (excluding diaryl/α,β-unsaturated/α-hetero) is 1. The number of hydrogen-bond acceptors (Lipinski definition) is 3. The fraction of sp³-hybridized carbons (Fsp3) is 0.286. The third kappa shape index (κ3) is 2.42. The van der Waals surface area contributed by atoms with Crippen LogP contribution in [0, 0.1) is 5.92 Å². The lowest BCUT2D eigenvalue weighted by atomic mass is 10.0. The van der Waals surface area contributed by atoms with Gasteiger partial charge in [0, 0.05) is 18.2 Å². The minimum Gasteiger partial charge on any atom is -0.497 e. The molecule has 0 radical (unpaired) electrons. The number of hydrogen-bond donors (Lipinski definition) is 0. The molecule has 0 aliphatic carbocycles. The maximum Gasteiger partial charge on any atom is 0.168 e. The lowest BCUT2D eigenvalue weighted by Crippen LogP contribution is -2.06. The second kappa shape index (κ2) is 5.04. The molecule has 2 rings (SSSR count). The Morgan fingerprint density at radius 1 is 1.39 bits per heavy atom. The molecular weight excluding hydrogens is 228 g/mol. The van der Waals surface area contributed by atoms with Crippen molar-refractivity contribution in [1.82, 2.24) is 9.78 Å². The Morgan fingerprint density at radius 2 is 2.17 bits per heavy atom. The molecule has 0 atom stereocenters. The first-order valence-corrected chi connectivity index (χ1v) is 5.85. The average Bonchev–Trinajstić information content (AvgIpc) is 2.87. The Morgan fingerprint density at radius 3 is 2.83 bits per heavy atom. The molecule has 1 aromatic carbocycles. The maximum atomic E-state index is 11.8. The lowest BCUT2D eigenvalue weighted by Gasteiger charge is -2.04. The fourth-order valence-corrected chi connectivity index (χ4v) is 1.68. The van der Waals surface area contributed by atoms with Gasteiger partial charge in [0.1, 0.15) is 5.75 Å². The van der Waals surface area contributed by atoms with Crippen molar-refractivity contribution in [3.63, 3.8) is 0 Å². The van der Waals surface area contributed by atoms with Gasteiger partial charge in [0.05, 0.1) is 24.6 Å². The molecule has 2 aromatic rings. The largest absolute Gasteiger partial charge is 0.497 e. The van der Waals surface area contributed by atoms with Gasteiger partial charge in [0.25, 0.3) is 0 Å². The van der Waals surface area contributed by atoms with E-state index in [0.29, 0.717) is 5.56 Å². The molecule has 0 aliphatic rings. The van der Waals surface area contributed by atoms with Crippen molar-refractivity contribution in [2.24, 2.45) is 5.92 Å². The molecule has 0 bridgehead atoms.